The molecule has 3 aromatic rings. The molecule has 1 aromatic heterocycles. The first kappa shape index (κ1) is 22.3. The van der Waals surface area contributed by atoms with Crippen LogP contribution in [0.4, 0.5) is 4.39 Å². The summed E-state index contributed by atoms with van der Waals surface area (Å²) >= 11 is 0. The number of aliphatic hydroxyl groups is 1. The summed E-state index contributed by atoms with van der Waals surface area (Å²) in [5.74, 6) is 0.427. The van der Waals surface area contributed by atoms with E-state index in [1.54, 1.807) is 6.07 Å². The van der Waals surface area contributed by atoms with E-state index in [1.807, 2.05) is 42.6 Å². The number of benzene rings is 2. The third kappa shape index (κ3) is 6.82. The average molecular weight is 409 g/mol. The Kier molecular flexibility index (Phi) is 8.23. The van der Waals surface area contributed by atoms with Gasteiger partial charge in [0.2, 0.25) is 0 Å². The Morgan fingerprint density at radius 3 is 2.43 bits per heavy atom. The van der Waals surface area contributed by atoms with E-state index in [0.717, 1.165) is 30.8 Å². The molecule has 4 heteroatoms. The highest BCUT2D eigenvalue weighted by atomic mass is 19.1. The van der Waals surface area contributed by atoms with Gasteiger partial charge in [-0.2, -0.15) is 0 Å². The topological polar surface area (TPSA) is 28.4 Å². The molecule has 1 heterocycles. The predicted octanol–water partition coefficient (Wildman–Crippen LogP) is 5.13. The molecular formula is C26H33FN2O. The summed E-state index contributed by atoms with van der Waals surface area (Å²) in [4.78, 5) is 2.32. The van der Waals surface area contributed by atoms with E-state index in [9.17, 15) is 9.50 Å². The maximum Gasteiger partial charge on any atom is 0.128 e. The van der Waals surface area contributed by atoms with Crippen LogP contribution in [0.5, 0.6) is 0 Å². The molecule has 1 N–H and O–H groups in total. The van der Waals surface area contributed by atoms with Crippen LogP contribution in [0, 0.1) is 11.7 Å². The quantitative estimate of drug-likeness (QED) is 0.477. The van der Waals surface area contributed by atoms with Crippen molar-refractivity contribution in [3.63, 3.8) is 0 Å². The zero-order chi connectivity index (χ0) is 21.3. The van der Waals surface area contributed by atoms with Crippen LogP contribution in [0.3, 0.4) is 0 Å². The van der Waals surface area contributed by atoms with Gasteiger partial charge in [-0.3, -0.25) is 4.90 Å². The summed E-state index contributed by atoms with van der Waals surface area (Å²) < 4.78 is 16.2. The van der Waals surface area contributed by atoms with E-state index in [4.69, 9.17) is 0 Å². The molecule has 1 atom stereocenters. The van der Waals surface area contributed by atoms with Gasteiger partial charge < -0.3 is 9.67 Å². The minimum Gasteiger partial charge on any atom is -0.391 e. The number of rotatable bonds is 11. The van der Waals surface area contributed by atoms with Crippen LogP contribution in [0.25, 0.3) is 0 Å². The fraction of sp³-hybridized carbons (Fsp3) is 0.385. The lowest BCUT2D eigenvalue weighted by Gasteiger charge is -2.26. The van der Waals surface area contributed by atoms with Crippen molar-refractivity contribution in [3.8, 4) is 0 Å². The zero-order valence-electron chi connectivity index (χ0n) is 18.0. The zero-order valence-corrected chi connectivity index (χ0v) is 18.0. The minimum atomic E-state index is -0.422. The minimum absolute atomic E-state index is 0.174. The maximum absolute atomic E-state index is 14.1. The first-order chi connectivity index (χ1) is 14.5. The van der Waals surface area contributed by atoms with Gasteiger partial charge in [-0.25, -0.2) is 4.39 Å². The van der Waals surface area contributed by atoms with Crippen molar-refractivity contribution in [2.45, 2.75) is 45.9 Å². The normalized spacial score (nSPS) is 12.6. The Morgan fingerprint density at radius 1 is 0.967 bits per heavy atom. The van der Waals surface area contributed by atoms with Crippen molar-refractivity contribution in [3.05, 3.63) is 95.6 Å². The molecule has 0 aliphatic rings. The van der Waals surface area contributed by atoms with Gasteiger partial charge in [0, 0.05) is 30.5 Å². The maximum atomic E-state index is 14.1. The van der Waals surface area contributed by atoms with E-state index in [0.29, 0.717) is 31.0 Å². The number of aromatic nitrogens is 1. The number of aliphatic hydroxyl groups excluding tert-OH is 1. The molecular weight excluding hydrogens is 375 g/mol. The van der Waals surface area contributed by atoms with Crippen molar-refractivity contribution in [1.82, 2.24) is 9.47 Å². The number of nitrogens with zero attached hydrogens (tertiary/aromatic N) is 2. The van der Waals surface area contributed by atoms with E-state index in [2.05, 4.69) is 41.5 Å². The van der Waals surface area contributed by atoms with Crippen LogP contribution >= 0.6 is 0 Å². The summed E-state index contributed by atoms with van der Waals surface area (Å²) in [7, 11) is 0. The lowest BCUT2D eigenvalue weighted by Crippen LogP contribution is -2.35. The largest absolute Gasteiger partial charge is 0.391 e. The van der Waals surface area contributed by atoms with Gasteiger partial charge in [0.15, 0.2) is 0 Å². The third-order valence-corrected chi connectivity index (χ3v) is 5.41. The summed E-state index contributed by atoms with van der Waals surface area (Å²) in [6.45, 7) is 7.24. The van der Waals surface area contributed by atoms with E-state index in [-0.39, 0.29) is 5.82 Å². The van der Waals surface area contributed by atoms with Crippen molar-refractivity contribution in [2.75, 3.05) is 13.1 Å². The summed E-state index contributed by atoms with van der Waals surface area (Å²) in [5.41, 5.74) is 2.97. The highest BCUT2D eigenvalue weighted by Gasteiger charge is 2.15. The highest BCUT2D eigenvalue weighted by molar-refractivity contribution is 5.20. The molecule has 30 heavy (non-hydrogen) atoms. The average Bonchev–Trinajstić information content (AvgIpc) is 3.15. The van der Waals surface area contributed by atoms with Gasteiger partial charge in [-0.1, -0.05) is 62.4 Å². The number of hydrogen-bond acceptors (Lipinski definition) is 2. The monoisotopic (exact) mass is 408 g/mol. The van der Waals surface area contributed by atoms with Gasteiger partial charge in [0.05, 0.1) is 12.6 Å². The molecule has 0 saturated heterocycles. The summed E-state index contributed by atoms with van der Waals surface area (Å²) in [6, 6.07) is 21.2. The van der Waals surface area contributed by atoms with Crippen molar-refractivity contribution in [2.24, 2.45) is 5.92 Å². The van der Waals surface area contributed by atoms with E-state index < -0.39 is 6.10 Å². The Labute approximate surface area is 179 Å². The summed E-state index contributed by atoms with van der Waals surface area (Å²) in [6.07, 6.45) is 3.30. The van der Waals surface area contributed by atoms with Crippen molar-refractivity contribution < 1.29 is 9.50 Å². The van der Waals surface area contributed by atoms with Crippen LogP contribution in [-0.4, -0.2) is 33.8 Å². The molecule has 0 saturated carbocycles. The first-order valence-electron chi connectivity index (χ1n) is 10.8. The molecule has 3 nitrogen and oxygen atoms in total. The molecule has 0 fully saturated rings. The van der Waals surface area contributed by atoms with Crippen LogP contribution in [0.1, 0.15) is 37.1 Å². The highest BCUT2D eigenvalue weighted by Crippen LogP contribution is 2.15. The number of halogens is 1. The SMILES string of the molecule is CC(C)CCN(Cc1cccn1Cc1ccccc1F)CC(O)Cc1ccccc1. The molecule has 160 valence electrons. The predicted molar refractivity (Wildman–Crippen MR) is 121 cm³/mol. The van der Waals surface area contributed by atoms with Gasteiger partial charge in [0.25, 0.3) is 0 Å². The molecule has 0 bridgehead atoms. The lowest BCUT2D eigenvalue weighted by atomic mass is 10.1. The van der Waals surface area contributed by atoms with Crippen LogP contribution in [0.15, 0.2) is 72.9 Å². The molecule has 0 radical (unpaired) electrons. The third-order valence-electron chi connectivity index (χ3n) is 5.41. The standard InChI is InChI=1S/C26H33FN2O/c1-21(2)14-16-28(20-25(30)17-22-9-4-3-5-10-22)19-24-12-8-15-29(24)18-23-11-6-7-13-26(23)27/h3-13,15,21,25,30H,14,16-20H2,1-2H3. The van der Waals surface area contributed by atoms with E-state index in [1.165, 1.54) is 6.07 Å². The fourth-order valence-electron chi connectivity index (χ4n) is 3.71. The van der Waals surface area contributed by atoms with Gasteiger partial charge in [0.1, 0.15) is 5.82 Å². The second-order valence-electron chi connectivity index (χ2n) is 8.48. The first-order valence-corrected chi connectivity index (χ1v) is 10.8. The van der Waals surface area contributed by atoms with Crippen molar-refractivity contribution in [1.29, 1.82) is 0 Å². The second kappa shape index (κ2) is 11.1. The molecule has 1 unspecified atom stereocenters. The molecule has 0 aliphatic heterocycles. The second-order valence-corrected chi connectivity index (χ2v) is 8.48. The molecule has 3 rings (SSSR count). The smallest absolute Gasteiger partial charge is 0.128 e. The van der Waals surface area contributed by atoms with Crippen LogP contribution < -0.4 is 0 Å². The number of hydrogen-bond donors (Lipinski definition) is 1. The lowest BCUT2D eigenvalue weighted by molar-refractivity contribution is 0.104. The molecule has 0 spiro atoms. The Hall–Kier alpha value is -2.43. The Bertz CT molecular complexity index is 891. The Morgan fingerprint density at radius 2 is 1.70 bits per heavy atom. The summed E-state index contributed by atoms with van der Waals surface area (Å²) in [5, 5.41) is 10.7. The van der Waals surface area contributed by atoms with Crippen LogP contribution in [0.2, 0.25) is 0 Å². The molecule has 0 amide bonds. The van der Waals surface area contributed by atoms with Gasteiger partial charge in [-0.15, -0.1) is 0 Å². The molecule has 2 aromatic carbocycles. The van der Waals surface area contributed by atoms with Gasteiger partial charge in [-0.05, 0) is 49.1 Å². The van der Waals surface area contributed by atoms with E-state index >= 15 is 0 Å². The Balaban J connectivity index is 1.67. The van der Waals surface area contributed by atoms with Crippen molar-refractivity contribution >= 4 is 0 Å². The van der Waals surface area contributed by atoms with Crippen LogP contribution in [-0.2, 0) is 19.5 Å². The molecule has 0 aliphatic carbocycles. The fourth-order valence-corrected chi connectivity index (χ4v) is 3.71. The van der Waals surface area contributed by atoms with Gasteiger partial charge >= 0.3 is 0 Å².